The van der Waals surface area contributed by atoms with Crippen LogP contribution in [0.25, 0.3) is 0 Å². The Morgan fingerprint density at radius 1 is 1.41 bits per heavy atom. The largest absolute Gasteiger partial charge is 0.480 e. The maximum Gasteiger partial charge on any atom is 0.320 e. The number of piperidine rings is 1. The smallest absolute Gasteiger partial charge is 0.320 e. The highest BCUT2D eigenvalue weighted by Crippen LogP contribution is 2.30. The summed E-state index contributed by atoms with van der Waals surface area (Å²) in [4.78, 5) is 13.4. The molecule has 4 nitrogen and oxygen atoms in total. The van der Waals surface area contributed by atoms with E-state index >= 15 is 0 Å². The lowest BCUT2D eigenvalue weighted by Gasteiger charge is -2.38. The molecule has 2 bridgehead atoms. The van der Waals surface area contributed by atoms with Gasteiger partial charge in [-0.25, -0.2) is 0 Å². The molecule has 2 aliphatic rings. The maximum absolute atomic E-state index is 11.3. The third-order valence-electron chi connectivity index (χ3n) is 4.36. The molecule has 98 valence electrons. The summed E-state index contributed by atoms with van der Waals surface area (Å²) in [6.45, 7) is 2.05. The number of rotatable bonds is 5. The van der Waals surface area contributed by atoms with Crippen molar-refractivity contribution in [3.63, 3.8) is 0 Å². The second-order valence-corrected chi connectivity index (χ2v) is 5.57. The molecule has 17 heavy (non-hydrogen) atoms. The summed E-state index contributed by atoms with van der Waals surface area (Å²) < 4.78 is 0. The first-order valence-corrected chi connectivity index (χ1v) is 6.82. The van der Waals surface area contributed by atoms with Gasteiger partial charge in [0.25, 0.3) is 0 Å². The fourth-order valence-electron chi connectivity index (χ4n) is 3.39. The molecule has 2 heterocycles. The van der Waals surface area contributed by atoms with E-state index in [2.05, 4.69) is 17.1 Å². The van der Waals surface area contributed by atoms with Crippen molar-refractivity contribution in [1.29, 1.82) is 0 Å². The molecule has 0 amide bonds. The second-order valence-electron chi connectivity index (χ2n) is 5.57. The second kappa shape index (κ2) is 5.36. The number of likely N-dealkylation sites (N-methyl/N-ethyl adjacent to an activating group) is 1. The molecule has 0 spiro atoms. The fraction of sp³-hybridized carbons (Fsp3) is 0.923. The van der Waals surface area contributed by atoms with Gasteiger partial charge in [-0.3, -0.25) is 9.69 Å². The van der Waals surface area contributed by atoms with Crippen LogP contribution < -0.4 is 5.32 Å². The van der Waals surface area contributed by atoms with Gasteiger partial charge in [-0.15, -0.1) is 0 Å². The van der Waals surface area contributed by atoms with E-state index in [1.807, 2.05) is 7.05 Å². The van der Waals surface area contributed by atoms with E-state index in [9.17, 15) is 9.90 Å². The number of nitrogens with zero attached hydrogens (tertiary/aromatic N) is 1. The third-order valence-corrected chi connectivity index (χ3v) is 4.36. The molecular formula is C13H24N2O2. The Labute approximate surface area is 103 Å². The lowest BCUT2D eigenvalue weighted by molar-refractivity contribution is -0.144. The topological polar surface area (TPSA) is 52.6 Å². The van der Waals surface area contributed by atoms with Crippen LogP contribution >= 0.6 is 0 Å². The average Bonchev–Trinajstić information content (AvgIpc) is 2.64. The number of carboxylic acid groups (broad SMARTS) is 1. The van der Waals surface area contributed by atoms with E-state index in [1.165, 1.54) is 12.8 Å². The number of nitrogens with one attached hydrogen (secondary N) is 1. The Morgan fingerprint density at radius 3 is 2.47 bits per heavy atom. The average molecular weight is 240 g/mol. The Morgan fingerprint density at radius 2 is 2.00 bits per heavy atom. The number of hydrogen-bond donors (Lipinski definition) is 2. The highest BCUT2D eigenvalue weighted by Gasteiger charge is 2.37. The standard InChI is InChI=1S/C13H24N2O2/c1-3-4-12(13(16)17)15(2)11-7-9-5-6-10(8-11)14-9/h9-12,14H,3-8H2,1-2H3,(H,16,17). The molecule has 0 aromatic heterocycles. The van der Waals surface area contributed by atoms with Crippen molar-refractivity contribution in [2.45, 2.75) is 69.6 Å². The van der Waals surface area contributed by atoms with Gasteiger partial charge < -0.3 is 10.4 Å². The van der Waals surface area contributed by atoms with E-state index in [0.29, 0.717) is 18.1 Å². The van der Waals surface area contributed by atoms with E-state index in [1.54, 1.807) is 0 Å². The van der Waals surface area contributed by atoms with Gasteiger partial charge in [0.15, 0.2) is 0 Å². The number of carbonyl (C=O) groups is 1. The predicted octanol–water partition coefficient (Wildman–Crippen LogP) is 1.45. The van der Waals surface area contributed by atoms with E-state index in [-0.39, 0.29) is 6.04 Å². The molecule has 2 N–H and O–H groups in total. The Hall–Kier alpha value is -0.610. The quantitative estimate of drug-likeness (QED) is 0.764. The minimum Gasteiger partial charge on any atom is -0.480 e. The molecule has 3 atom stereocenters. The number of aliphatic carboxylic acids is 1. The molecule has 2 rings (SSSR count). The molecule has 2 aliphatic heterocycles. The van der Waals surface area contributed by atoms with Crippen LogP contribution in [0.4, 0.5) is 0 Å². The van der Waals surface area contributed by atoms with Crippen LogP contribution in [0, 0.1) is 0 Å². The van der Waals surface area contributed by atoms with Gasteiger partial charge in [-0.1, -0.05) is 13.3 Å². The summed E-state index contributed by atoms with van der Waals surface area (Å²) in [5, 5.41) is 12.9. The van der Waals surface area contributed by atoms with Gasteiger partial charge in [0, 0.05) is 18.1 Å². The summed E-state index contributed by atoms with van der Waals surface area (Å²) in [5.74, 6) is -0.666. The zero-order valence-corrected chi connectivity index (χ0v) is 10.9. The monoisotopic (exact) mass is 240 g/mol. The summed E-state index contributed by atoms with van der Waals surface area (Å²) in [6, 6.07) is 1.39. The molecule has 2 fully saturated rings. The van der Waals surface area contributed by atoms with E-state index in [4.69, 9.17) is 0 Å². The lowest BCUT2D eigenvalue weighted by atomic mass is 9.96. The zero-order valence-electron chi connectivity index (χ0n) is 10.9. The minimum absolute atomic E-state index is 0.303. The first kappa shape index (κ1) is 12.8. The SMILES string of the molecule is CCCC(C(=O)O)N(C)C1CC2CCC(C1)N2. The zero-order chi connectivity index (χ0) is 12.4. The number of hydrogen-bond acceptors (Lipinski definition) is 3. The molecule has 0 aliphatic carbocycles. The van der Waals surface area contributed by atoms with Crippen molar-refractivity contribution >= 4 is 5.97 Å². The van der Waals surface area contributed by atoms with Gasteiger partial charge in [-0.2, -0.15) is 0 Å². The molecular weight excluding hydrogens is 216 g/mol. The van der Waals surface area contributed by atoms with Crippen LogP contribution in [-0.4, -0.2) is 47.2 Å². The number of fused-ring (bicyclic) bond motifs is 2. The molecule has 3 unspecified atom stereocenters. The highest BCUT2D eigenvalue weighted by molar-refractivity contribution is 5.73. The third kappa shape index (κ3) is 2.80. The van der Waals surface area contributed by atoms with Crippen LogP contribution in [0.15, 0.2) is 0 Å². The van der Waals surface area contributed by atoms with Gasteiger partial charge in [0.2, 0.25) is 0 Å². The minimum atomic E-state index is -0.666. The summed E-state index contributed by atoms with van der Waals surface area (Å²) in [7, 11) is 1.99. The predicted molar refractivity (Wildman–Crippen MR) is 67.1 cm³/mol. The molecule has 4 heteroatoms. The molecule has 0 aromatic rings. The van der Waals surface area contributed by atoms with Crippen molar-refractivity contribution < 1.29 is 9.90 Å². The van der Waals surface area contributed by atoms with Crippen LogP contribution in [0.3, 0.4) is 0 Å². The van der Waals surface area contributed by atoms with Crippen molar-refractivity contribution in [3.05, 3.63) is 0 Å². The Kier molecular flexibility index (Phi) is 4.05. The fourth-order valence-corrected chi connectivity index (χ4v) is 3.39. The van der Waals surface area contributed by atoms with Crippen LogP contribution in [0.2, 0.25) is 0 Å². The Bertz CT molecular complexity index is 271. The molecule has 0 saturated carbocycles. The van der Waals surface area contributed by atoms with E-state index < -0.39 is 5.97 Å². The lowest BCUT2D eigenvalue weighted by Crippen LogP contribution is -2.52. The van der Waals surface area contributed by atoms with Crippen molar-refractivity contribution in [2.75, 3.05) is 7.05 Å². The van der Waals surface area contributed by atoms with Crippen molar-refractivity contribution in [2.24, 2.45) is 0 Å². The molecule has 2 saturated heterocycles. The highest BCUT2D eigenvalue weighted by atomic mass is 16.4. The van der Waals surface area contributed by atoms with E-state index in [0.717, 1.165) is 25.7 Å². The van der Waals surface area contributed by atoms with Gasteiger partial charge in [0.1, 0.15) is 6.04 Å². The number of carboxylic acids is 1. The normalized spacial score (nSPS) is 33.9. The molecule has 0 radical (unpaired) electrons. The molecule has 0 aromatic carbocycles. The van der Waals surface area contributed by atoms with Crippen LogP contribution in [0.1, 0.15) is 45.4 Å². The summed E-state index contributed by atoms with van der Waals surface area (Å²) in [5.41, 5.74) is 0. The van der Waals surface area contributed by atoms with Gasteiger partial charge in [0.05, 0.1) is 0 Å². The van der Waals surface area contributed by atoms with Crippen molar-refractivity contribution in [3.8, 4) is 0 Å². The van der Waals surface area contributed by atoms with Crippen LogP contribution in [0.5, 0.6) is 0 Å². The maximum atomic E-state index is 11.3. The van der Waals surface area contributed by atoms with Crippen LogP contribution in [-0.2, 0) is 4.79 Å². The Balaban J connectivity index is 1.98. The summed E-state index contributed by atoms with van der Waals surface area (Å²) >= 11 is 0. The van der Waals surface area contributed by atoms with Crippen molar-refractivity contribution in [1.82, 2.24) is 10.2 Å². The first-order valence-electron chi connectivity index (χ1n) is 6.82. The van der Waals surface area contributed by atoms with Gasteiger partial charge in [-0.05, 0) is 39.2 Å². The summed E-state index contributed by atoms with van der Waals surface area (Å²) in [6.07, 6.45) is 6.44. The first-order chi connectivity index (χ1) is 8.11. The van der Waals surface area contributed by atoms with Gasteiger partial charge >= 0.3 is 5.97 Å².